The molecule has 5 nitrogen and oxygen atoms in total. The number of rotatable bonds is 5. The Hall–Kier alpha value is -2.25. The Bertz CT molecular complexity index is 590. The van der Waals surface area contributed by atoms with E-state index in [0.29, 0.717) is 6.07 Å². The topological polar surface area (TPSA) is 78.6 Å². The normalized spacial score (nSPS) is 11.9. The summed E-state index contributed by atoms with van der Waals surface area (Å²) in [5.41, 5.74) is 4.24. The van der Waals surface area contributed by atoms with E-state index in [1.807, 2.05) is 0 Å². The Morgan fingerprint density at radius 2 is 1.46 bits per heavy atom. The minimum atomic E-state index is -4.58. The number of nitrogen functional groups attached to an aromatic ring is 1. The Labute approximate surface area is 137 Å². The van der Waals surface area contributed by atoms with Crippen LogP contribution in [0.2, 0.25) is 0 Å². The number of hydrogen-bond acceptors (Lipinski definition) is 5. The van der Waals surface area contributed by atoms with Gasteiger partial charge in [-0.1, -0.05) is 6.07 Å². The van der Waals surface area contributed by atoms with Crippen molar-refractivity contribution in [1.82, 2.24) is 0 Å². The third kappa shape index (κ3) is 5.14. The summed E-state index contributed by atoms with van der Waals surface area (Å²) in [6.45, 7) is 6.33. The van der Waals surface area contributed by atoms with Crippen LogP contribution < -0.4 is 5.73 Å². The zero-order valence-electron chi connectivity index (χ0n) is 13.8. The highest BCUT2D eigenvalue weighted by molar-refractivity contribution is 6.02. The molecule has 1 aromatic rings. The molecule has 0 fully saturated rings. The lowest BCUT2D eigenvalue weighted by atomic mass is 9.95. The summed E-state index contributed by atoms with van der Waals surface area (Å²) in [7, 11) is 0. The van der Waals surface area contributed by atoms with Crippen molar-refractivity contribution in [2.45, 2.75) is 52.0 Å². The maximum absolute atomic E-state index is 12.7. The van der Waals surface area contributed by atoms with Crippen LogP contribution in [0.5, 0.6) is 0 Å². The lowest BCUT2D eigenvalue weighted by Gasteiger charge is -2.20. The van der Waals surface area contributed by atoms with Gasteiger partial charge in [-0.2, -0.15) is 13.2 Å². The number of halogens is 3. The van der Waals surface area contributed by atoms with Gasteiger partial charge >= 0.3 is 18.1 Å². The smallest absolute Gasteiger partial charge is 0.416 e. The van der Waals surface area contributed by atoms with Crippen LogP contribution in [0.1, 0.15) is 44.7 Å². The second-order valence-electron chi connectivity index (χ2n) is 5.75. The lowest BCUT2D eigenvalue weighted by molar-refractivity contribution is -0.161. The molecular weight excluding hydrogens is 327 g/mol. The highest BCUT2D eigenvalue weighted by Crippen LogP contribution is 2.34. The predicted molar refractivity (Wildman–Crippen MR) is 81.1 cm³/mol. The maximum atomic E-state index is 12.7. The molecule has 0 aliphatic heterocycles. The van der Waals surface area contributed by atoms with E-state index in [1.165, 1.54) is 0 Å². The minimum Gasteiger partial charge on any atom is -0.462 e. The predicted octanol–water partition coefficient (Wildman–Crippen LogP) is 3.27. The van der Waals surface area contributed by atoms with Crippen LogP contribution in [-0.2, 0) is 25.2 Å². The highest BCUT2D eigenvalue weighted by Gasteiger charge is 2.36. The molecule has 1 rings (SSSR count). The molecule has 0 unspecified atom stereocenters. The van der Waals surface area contributed by atoms with Crippen molar-refractivity contribution >= 4 is 17.6 Å². The first-order chi connectivity index (χ1) is 10.9. The number of alkyl halides is 3. The van der Waals surface area contributed by atoms with Gasteiger partial charge in [-0.3, -0.25) is 9.59 Å². The van der Waals surface area contributed by atoms with Crippen LogP contribution in [0.4, 0.5) is 18.9 Å². The van der Waals surface area contributed by atoms with Crippen molar-refractivity contribution < 1.29 is 32.2 Å². The number of esters is 2. The monoisotopic (exact) mass is 347 g/mol. The van der Waals surface area contributed by atoms with Crippen molar-refractivity contribution in [2.24, 2.45) is 0 Å². The summed E-state index contributed by atoms with van der Waals surface area (Å²) < 4.78 is 48.2. The molecule has 0 atom stereocenters. The molecule has 0 aromatic heterocycles. The number of anilines is 1. The fraction of sp³-hybridized carbons (Fsp3) is 0.500. The first-order valence-corrected chi connectivity index (χ1v) is 7.31. The summed E-state index contributed by atoms with van der Waals surface area (Å²) >= 11 is 0. The van der Waals surface area contributed by atoms with E-state index in [1.54, 1.807) is 27.7 Å². The van der Waals surface area contributed by atoms with E-state index >= 15 is 0 Å². The largest absolute Gasteiger partial charge is 0.462 e. The number of hydrogen-bond donors (Lipinski definition) is 1. The van der Waals surface area contributed by atoms with Gasteiger partial charge < -0.3 is 15.2 Å². The third-order valence-corrected chi connectivity index (χ3v) is 2.90. The number of ether oxygens (including phenoxy) is 2. The molecule has 0 saturated carbocycles. The van der Waals surface area contributed by atoms with Crippen molar-refractivity contribution in [3.8, 4) is 0 Å². The van der Waals surface area contributed by atoms with Crippen molar-refractivity contribution in [3.05, 3.63) is 29.3 Å². The molecule has 0 radical (unpaired) electrons. The van der Waals surface area contributed by atoms with Gasteiger partial charge in [-0.05, 0) is 39.8 Å². The van der Waals surface area contributed by atoms with Crippen LogP contribution >= 0.6 is 0 Å². The van der Waals surface area contributed by atoms with Crippen LogP contribution in [-0.4, -0.2) is 24.1 Å². The molecule has 0 spiro atoms. The zero-order valence-corrected chi connectivity index (χ0v) is 13.8. The summed E-state index contributed by atoms with van der Waals surface area (Å²) in [6, 6.07) is 2.42. The summed E-state index contributed by atoms with van der Waals surface area (Å²) in [6.07, 6.45) is -5.61. The number of carbonyl (C=O) groups is 2. The average molecular weight is 347 g/mol. The molecule has 1 aromatic carbocycles. The van der Waals surface area contributed by atoms with E-state index in [9.17, 15) is 22.8 Å². The van der Waals surface area contributed by atoms with Crippen LogP contribution in [0.15, 0.2) is 18.2 Å². The van der Waals surface area contributed by atoms with Gasteiger partial charge in [0.25, 0.3) is 0 Å². The Balaban J connectivity index is 3.28. The van der Waals surface area contributed by atoms with Crippen LogP contribution in [0, 0.1) is 0 Å². The van der Waals surface area contributed by atoms with Crippen LogP contribution in [0.25, 0.3) is 0 Å². The summed E-state index contributed by atoms with van der Waals surface area (Å²) in [5.74, 6) is -3.40. The second kappa shape index (κ2) is 7.55. The summed E-state index contributed by atoms with van der Waals surface area (Å²) in [4.78, 5) is 24.4. The number of benzene rings is 1. The van der Waals surface area contributed by atoms with Gasteiger partial charge in [-0.15, -0.1) is 0 Å². The van der Waals surface area contributed by atoms with Gasteiger partial charge in [0.15, 0.2) is 5.92 Å². The first kappa shape index (κ1) is 19.8. The Morgan fingerprint density at radius 1 is 1.00 bits per heavy atom. The van der Waals surface area contributed by atoms with E-state index in [0.717, 1.165) is 12.1 Å². The van der Waals surface area contributed by atoms with Crippen molar-refractivity contribution in [3.63, 3.8) is 0 Å². The Kier molecular flexibility index (Phi) is 6.22. The van der Waals surface area contributed by atoms with E-state index in [4.69, 9.17) is 15.2 Å². The zero-order chi connectivity index (χ0) is 18.7. The molecule has 2 N–H and O–H groups in total. The molecule has 0 aliphatic rings. The maximum Gasteiger partial charge on any atom is 0.416 e. The summed E-state index contributed by atoms with van der Waals surface area (Å²) in [5, 5.41) is 0. The number of carbonyl (C=O) groups excluding carboxylic acids is 2. The lowest BCUT2D eigenvalue weighted by Crippen LogP contribution is -2.30. The van der Waals surface area contributed by atoms with Gasteiger partial charge in [0.1, 0.15) is 0 Å². The average Bonchev–Trinajstić information content (AvgIpc) is 2.37. The van der Waals surface area contributed by atoms with Gasteiger partial charge in [0.2, 0.25) is 0 Å². The molecule has 134 valence electrons. The second-order valence-corrected chi connectivity index (χ2v) is 5.75. The quantitative estimate of drug-likeness (QED) is 0.502. The van der Waals surface area contributed by atoms with E-state index in [2.05, 4.69) is 0 Å². The molecular formula is C16H20F3NO4. The molecule has 8 heteroatoms. The van der Waals surface area contributed by atoms with Gasteiger partial charge in [0, 0.05) is 11.3 Å². The molecule has 0 saturated heterocycles. The third-order valence-electron chi connectivity index (χ3n) is 2.90. The van der Waals surface area contributed by atoms with Crippen LogP contribution in [0.3, 0.4) is 0 Å². The van der Waals surface area contributed by atoms with E-state index in [-0.39, 0.29) is 11.3 Å². The van der Waals surface area contributed by atoms with Crippen molar-refractivity contribution in [1.29, 1.82) is 0 Å². The highest BCUT2D eigenvalue weighted by atomic mass is 19.4. The molecule has 0 bridgehead atoms. The first-order valence-electron chi connectivity index (χ1n) is 7.31. The number of nitrogens with two attached hydrogens (primary N) is 1. The minimum absolute atomic E-state index is 0.0840. The molecule has 0 aliphatic carbocycles. The van der Waals surface area contributed by atoms with E-state index < -0.39 is 41.8 Å². The fourth-order valence-corrected chi connectivity index (χ4v) is 1.96. The SMILES string of the molecule is CC(C)OC(=O)C(C(=O)OC(C)C)c1ccc(C(F)(F)F)cc1N. The van der Waals surface area contributed by atoms with Crippen molar-refractivity contribution in [2.75, 3.05) is 5.73 Å². The van der Waals surface area contributed by atoms with Gasteiger partial charge in [0.05, 0.1) is 17.8 Å². The molecule has 0 amide bonds. The molecule has 24 heavy (non-hydrogen) atoms. The van der Waals surface area contributed by atoms with Gasteiger partial charge in [-0.25, -0.2) is 0 Å². The standard InChI is InChI=1S/C16H20F3NO4/c1-8(2)23-14(21)13(15(22)24-9(3)4)11-6-5-10(7-12(11)20)16(17,18)19/h5-9,13H,20H2,1-4H3. The molecule has 0 heterocycles. The Morgan fingerprint density at radius 3 is 1.79 bits per heavy atom. The fourth-order valence-electron chi connectivity index (χ4n) is 1.96.